The second-order valence-electron chi connectivity index (χ2n) is 8.67. The molecule has 0 bridgehead atoms. The van der Waals surface area contributed by atoms with Crippen molar-refractivity contribution in [2.45, 2.75) is 48.0 Å². The molecule has 0 N–H and O–H groups in total. The smallest absolute Gasteiger partial charge is 0.409 e. The quantitative estimate of drug-likeness (QED) is 0.660. The molecule has 0 spiro atoms. The molecule has 1 aliphatic heterocycles. The molecule has 1 aliphatic rings. The summed E-state index contributed by atoms with van der Waals surface area (Å²) in [5.74, 6) is 1.47. The summed E-state index contributed by atoms with van der Waals surface area (Å²) in [5.41, 5.74) is 0. The number of carbonyl (C=O) groups is 2. The Labute approximate surface area is 159 Å². The molecule has 0 aromatic heterocycles. The summed E-state index contributed by atoms with van der Waals surface area (Å²) in [7, 11) is 0. The van der Waals surface area contributed by atoms with Crippen molar-refractivity contribution in [2.24, 2.45) is 17.8 Å². The van der Waals surface area contributed by atoms with Crippen molar-refractivity contribution in [3.8, 4) is 0 Å². The molecule has 26 heavy (non-hydrogen) atoms. The molecule has 0 unspecified atom stereocenters. The third-order valence-electron chi connectivity index (χ3n) is 4.27. The summed E-state index contributed by atoms with van der Waals surface area (Å²) >= 11 is 0. The van der Waals surface area contributed by atoms with Crippen molar-refractivity contribution >= 4 is 12.0 Å². The summed E-state index contributed by atoms with van der Waals surface area (Å²) in [4.78, 5) is 30.8. The molecule has 0 aliphatic carbocycles. The maximum atomic E-state index is 12.8. The van der Waals surface area contributed by atoms with Gasteiger partial charge in [0.05, 0.1) is 13.2 Å². The van der Waals surface area contributed by atoms with Crippen LogP contribution < -0.4 is 0 Å². The minimum absolute atomic E-state index is 0.197. The molecule has 1 fully saturated rings. The lowest BCUT2D eigenvalue weighted by Gasteiger charge is -2.29. The highest BCUT2D eigenvalue weighted by Crippen LogP contribution is 2.09. The van der Waals surface area contributed by atoms with Gasteiger partial charge in [0, 0.05) is 39.3 Å². The number of rotatable bonds is 8. The molecule has 0 aromatic rings. The lowest BCUT2D eigenvalue weighted by atomic mass is 10.1. The molecule has 2 amide bonds. The van der Waals surface area contributed by atoms with Crippen LogP contribution in [0.25, 0.3) is 0 Å². The highest BCUT2D eigenvalue weighted by atomic mass is 16.6. The number of ether oxygens (including phenoxy) is 1. The van der Waals surface area contributed by atoms with Crippen LogP contribution in [0.4, 0.5) is 4.79 Å². The standard InChI is InChI=1S/C20H39N3O3/c1-16(2)12-23(13-17(3)4)19(24)14-21-8-7-9-22(11-10-21)20(25)26-15-18(5)6/h16-18H,7-15H2,1-6H3. The SMILES string of the molecule is CC(C)COC(=O)N1CCCN(CC(=O)N(CC(C)C)CC(C)C)CC1. The number of hydrogen-bond donors (Lipinski definition) is 0. The fourth-order valence-electron chi connectivity index (χ4n) is 3.09. The van der Waals surface area contributed by atoms with Crippen molar-refractivity contribution < 1.29 is 14.3 Å². The predicted molar refractivity (Wildman–Crippen MR) is 105 cm³/mol. The molecule has 6 heteroatoms. The Morgan fingerprint density at radius 3 is 2.04 bits per heavy atom. The van der Waals surface area contributed by atoms with Crippen molar-refractivity contribution in [3.05, 3.63) is 0 Å². The molecule has 0 radical (unpaired) electrons. The molecule has 152 valence electrons. The van der Waals surface area contributed by atoms with Gasteiger partial charge in [-0.15, -0.1) is 0 Å². The molecular formula is C20H39N3O3. The molecule has 0 aromatic carbocycles. The molecule has 1 heterocycles. The lowest BCUT2D eigenvalue weighted by molar-refractivity contribution is -0.133. The van der Waals surface area contributed by atoms with Gasteiger partial charge in [-0.3, -0.25) is 9.69 Å². The molecule has 0 atom stereocenters. The second-order valence-corrected chi connectivity index (χ2v) is 8.67. The average Bonchev–Trinajstić information content (AvgIpc) is 2.76. The van der Waals surface area contributed by atoms with Crippen LogP contribution in [0.15, 0.2) is 0 Å². The first-order valence-electron chi connectivity index (χ1n) is 10.1. The Hall–Kier alpha value is -1.30. The van der Waals surface area contributed by atoms with E-state index in [-0.39, 0.29) is 12.0 Å². The van der Waals surface area contributed by atoms with Crippen molar-refractivity contribution in [1.29, 1.82) is 0 Å². The van der Waals surface area contributed by atoms with E-state index in [1.165, 1.54) is 0 Å². The Kier molecular flexibility index (Phi) is 9.99. The largest absolute Gasteiger partial charge is 0.449 e. The van der Waals surface area contributed by atoms with E-state index >= 15 is 0 Å². The minimum Gasteiger partial charge on any atom is -0.449 e. The minimum atomic E-state index is -0.229. The first-order chi connectivity index (χ1) is 12.2. The summed E-state index contributed by atoms with van der Waals surface area (Å²) in [6.45, 7) is 18.0. The predicted octanol–water partition coefficient (Wildman–Crippen LogP) is 2.93. The maximum absolute atomic E-state index is 12.8. The Morgan fingerprint density at radius 1 is 0.885 bits per heavy atom. The van der Waals surface area contributed by atoms with Gasteiger partial charge in [0.1, 0.15) is 0 Å². The van der Waals surface area contributed by atoms with Crippen molar-refractivity contribution in [2.75, 3.05) is 52.4 Å². The van der Waals surface area contributed by atoms with Crippen molar-refractivity contribution in [1.82, 2.24) is 14.7 Å². The van der Waals surface area contributed by atoms with Gasteiger partial charge in [0.25, 0.3) is 0 Å². The zero-order valence-corrected chi connectivity index (χ0v) is 17.7. The van der Waals surface area contributed by atoms with Gasteiger partial charge in [0.2, 0.25) is 5.91 Å². The summed E-state index contributed by atoms with van der Waals surface area (Å²) in [5, 5.41) is 0. The van der Waals surface area contributed by atoms with Crippen LogP contribution in [0.3, 0.4) is 0 Å². The van der Waals surface area contributed by atoms with Crippen LogP contribution in [-0.2, 0) is 9.53 Å². The normalized spacial score (nSPS) is 16.3. The van der Waals surface area contributed by atoms with E-state index in [1.54, 1.807) is 4.90 Å². The molecule has 0 saturated carbocycles. The zero-order chi connectivity index (χ0) is 19.7. The monoisotopic (exact) mass is 369 g/mol. The van der Waals surface area contributed by atoms with Gasteiger partial charge < -0.3 is 14.5 Å². The lowest BCUT2D eigenvalue weighted by Crippen LogP contribution is -2.44. The molecule has 6 nitrogen and oxygen atoms in total. The number of hydrogen-bond acceptors (Lipinski definition) is 4. The Morgan fingerprint density at radius 2 is 1.50 bits per heavy atom. The highest BCUT2D eigenvalue weighted by molar-refractivity contribution is 5.78. The first-order valence-corrected chi connectivity index (χ1v) is 10.1. The van der Waals surface area contributed by atoms with E-state index in [4.69, 9.17) is 4.74 Å². The highest BCUT2D eigenvalue weighted by Gasteiger charge is 2.24. The van der Waals surface area contributed by atoms with Gasteiger partial charge in [-0.2, -0.15) is 0 Å². The van der Waals surface area contributed by atoms with Crippen LogP contribution in [0.5, 0.6) is 0 Å². The van der Waals surface area contributed by atoms with E-state index in [0.717, 1.165) is 32.6 Å². The van der Waals surface area contributed by atoms with Crippen LogP contribution in [0, 0.1) is 17.8 Å². The molecule has 1 rings (SSSR count). The third kappa shape index (κ3) is 8.88. The van der Waals surface area contributed by atoms with E-state index < -0.39 is 0 Å². The van der Waals surface area contributed by atoms with E-state index in [0.29, 0.717) is 44.0 Å². The average molecular weight is 370 g/mol. The summed E-state index contributed by atoms with van der Waals surface area (Å²) in [6.07, 6.45) is 0.645. The number of amides is 2. The molecule has 1 saturated heterocycles. The van der Waals surface area contributed by atoms with Gasteiger partial charge in [-0.05, 0) is 24.2 Å². The summed E-state index contributed by atoms with van der Waals surface area (Å²) < 4.78 is 5.33. The van der Waals surface area contributed by atoms with Gasteiger partial charge in [-0.1, -0.05) is 41.5 Å². The van der Waals surface area contributed by atoms with E-state index in [1.807, 2.05) is 18.7 Å². The topological polar surface area (TPSA) is 53.1 Å². The van der Waals surface area contributed by atoms with E-state index in [2.05, 4.69) is 32.6 Å². The zero-order valence-electron chi connectivity index (χ0n) is 17.7. The van der Waals surface area contributed by atoms with Crippen LogP contribution in [0.1, 0.15) is 48.0 Å². The summed E-state index contributed by atoms with van der Waals surface area (Å²) in [6, 6.07) is 0. The Bertz CT molecular complexity index is 428. The Balaban J connectivity index is 2.52. The first kappa shape index (κ1) is 22.7. The van der Waals surface area contributed by atoms with Gasteiger partial charge in [-0.25, -0.2) is 4.79 Å². The van der Waals surface area contributed by atoms with Crippen LogP contribution in [-0.4, -0.2) is 79.1 Å². The van der Waals surface area contributed by atoms with E-state index in [9.17, 15) is 9.59 Å². The van der Waals surface area contributed by atoms with Crippen LogP contribution >= 0.6 is 0 Å². The number of nitrogens with zero attached hydrogens (tertiary/aromatic N) is 3. The van der Waals surface area contributed by atoms with Gasteiger partial charge >= 0.3 is 6.09 Å². The third-order valence-corrected chi connectivity index (χ3v) is 4.27. The molecular weight excluding hydrogens is 330 g/mol. The van der Waals surface area contributed by atoms with Gasteiger partial charge in [0.15, 0.2) is 0 Å². The maximum Gasteiger partial charge on any atom is 0.409 e. The fourth-order valence-corrected chi connectivity index (χ4v) is 3.09. The van der Waals surface area contributed by atoms with Crippen molar-refractivity contribution in [3.63, 3.8) is 0 Å². The fraction of sp³-hybridized carbons (Fsp3) is 0.900. The number of carbonyl (C=O) groups excluding carboxylic acids is 2. The van der Waals surface area contributed by atoms with Crippen LogP contribution in [0.2, 0.25) is 0 Å². The second kappa shape index (κ2) is 11.4.